The van der Waals surface area contributed by atoms with Gasteiger partial charge in [-0.05, 0) is 60.2 Å². The van der Waals surface area contributed by atoms with Crippen LogP contribution in [-0.4, -0.2) is 61.1 Å². The maximum atomic E-state index is 13.1. The second-order valence-corrected chi connectivity index (χ2v) is 11.5. The number of nitro benzene ring substituents is 1. The number of hydrogen-bond acceptors (Lipinski definition) is 8. The van der Waals surface area contributed by atoms with Crippen molar-refractivity contribution in [2.24, 2.45) is 0 Å². The van der Waals surface area contributed by atoms with Crippen molar-refractivity contribution in [3.05, 3.63) is 87.5 Å². The number of nitrogens with zero attached hydrogens (tertiary/aromatic N) is 2. The third-order valence-corrected chi connectivity index (χ3v) is 7.40. The number of rotatable bonds is 8. The molecule has 12 heteroatoms. The van der Waals surface area contributed by atoms with Gasteiger partial charge in [0.25, 0.3) is 11.6 Å². The normalized spacial score (nSPS) is 14.8. The largest absolute Gasteiger partial charge is 0.494 e. The maximum Gasteiger partial charge on any atom is 0.339 e. The van der Waals surface area contributed by atoms with Crippen molar-refractivity contribution < 1.29 is 28.8 Å². The molecule has 0 aromatic heterocycles. The van der Waals surface area contributed by atoms with Crippen molar-refractivity contribution in [2.75, 3.05) is 43.3 Å². The van der Waals surface area contributed by atoms with E-state index in [2.05, 4.69) is 36.7 Å². The van der Waals surface area contributed by atoms with E-state index in [1.165, 1.54) is 32.4 Å². The van der Waals surface area contributed by atoms with E-state index in [0.29, 0.717) is 42.1 Å². The van der Waals surface area contributed by atoms with E-state index in [1.807, 2.05) is 12.1 Å². The van der Waals surface area contributed by atoms with Gasteiger partial charge in [0.05, 0.1) is 42.1 Å². The first-order valence-electron chi connectivity index (χ1n) is 14.2. The molecule has 1 saturated heterocycles. The van der Waals surface area contributed by atoms with E-state index in [4.69, 9.17) is 9.47 Å². The molecule has 0 spiro atoms. The zero-order chi connectivity index (χ0) is 32.0. The Labute approximate surface area is 255 Å². The Bertz CT molecular complexity index is 1550. The molecule has 3 aromatic rings. The van der Waals surface area contributed by atoms with Crippen molar-refractivity contribution in [1.82, 2.24) is 4.90 Å². The Kier molecular flexibility index (Phi) is 9.72. The first kappa shape index (κ1) is 31.8. The molecule has 1 aliphatic rings. The van der Waals surface area contributed by atoms with Gasteiger partial charge in [0.2, 0.25) is 0 Å². The second kappa shape index (κ2) is 13.4. The number of hydrogen-bond donors (Lipinski definition) is 3. The summed E-state index contributed by atoms with van der Waals surface area (Å²) < 4.78 is 10.2. The van der Waals surface area contributed by atoms with Gasteiger partial charge < -0.3 is 30.3 Å². The van der Waals surface area contributed by atoms with Crippen LogP contribution in [-0.2, 0) is 10.2 Å². The maximum absolute atomic E-state index is 13.1. The molecule has 44 heavy (non-hydrogen) atoms. The van der Waals surface area contributed by atoms with Crippen molar-refractivity contribution in [3.8, 4) is 5.75 Å². The highest BCUT2D eigenvalue weighted by atomic mass is 16.6. The first-order chi connectivity index (χ1) is 20.9. The number of nitrogens with one attached hydrogen (secondary N) is 3. The summed E-state index contributed by atoms with van der Waals surface area (Å²) in [6, 6.07) is 15.7. The molecule has 1 atom stereocenters. The van der Waals surface area contributed by atoms with E-state index in [-0.39, 0.29) is 34.4 Å². The van der Waals surface area contributed by atoms with Crippen LogP contribution in [0.4, 0.5) is 27.5 Å². The van der Waals surface area contributed by atoms with Crippen LogP contribution in [0.5, 0.6) is 5.75 Å². The molecule has 3 N–H and O–H groups in total. The summed E-state index contributed by atoms with van der Waals surface area (Å²) in [5.74, 6) is -0.658. The molecule has 1 heterocycles. The topological polar surface area (TPSA) is 152 Å². The minimum atomic E-state index is -0.543. The van der Waals surface area contributed by atoms with Crippen LogP contribution < -0.4 is 20.7 Å². The van der Waals surface area contributed by atoms with Crippen LogP contribution in [0.3, 0.4) is 0 Å². The van der Waals surface area contributed by atoms with Gasteiger partial charge in [-0.2, -0.15) is 0 Å². The highest BCUT2D eigenvalue weighted by Gasteiger charge is 2.26. The van der Waals surface area contributed by atoms with Gasteiger partial charge in [-0.25, -0.2) is 9.59 Å². The van der Waals surface area contributed by atoms with Crippen LogP contribution in [0.15, 0.2) is 60.7 Å². The number of piperidine rings is 1. The van der Waals surface area contributed by atoms with Crippen molar-refractivity contribution in [1.29, 1.82) is 0 Å². The lowest BCUT2D eigenvalue weighted by Gasteiger charge is -2.34. The van der Waals surface area contributed by atoms with E-state index < -0.39 is 16.9 Å². The van der Waals surface area contributed by atoms with Gasteiger partial charge in [0.1, 0.15) is 5.75 Å². The number of ether oxygens (including phenoxy) is 2. The molecule has 12 nitrogen and oxygen atoms in total. The number of amides is 3. The lowest BCUT2D eigenvalue weighted by Crippen LogP contribution is -2.47. The summed E-state index contributed by atoms with van der Waals surface area (Å²) in [6.45, 7) is 7.13. The van der Waals surface area contributed by atoms with E-state index in [0.717, 1.165) is 12.0 Å². The summed E-state index contributed by atoms with van der Waals surface area (Å²) in [7, 11) is 2.66. The van der Waals surface area contributed by atoms with Gasteiger partial charge in [0.15, 0.2) is 0 Å². The van der Waals surface area contributed by atoms with Crippen molar-refractivity contribution >= 4 is 40.7 Å². The lowest BCUT2D eigenvalue weighted by molar-refractivity contribution is -0.384. The van der Waals surface area contributed by atoms with Gasteiger partial charge in [-0.15, -0.1) is 0 Å². The lowest BCUT2D eigenvalue weighted by atomic mass is 9.87. The molecule has 4 rings (SSSR count). The summed E-state index contributed by atoms with van der Waals surface area (Å²) in [4.78, 5) is 50.9. The quantitative estimate of drug-likeness (QED) is 0.160. The predicted molar refractivity (Wildman–Crippen MR) is 168 cm³/mol. The molecule has 0 aliphatic carbocycles. The van der Waals surface area contributed by atoms with Crippen LogP contribution >= 0.6 is 0 Å². The van der Waals surface area contributed by atoms with Crippen LogP contribution in [0.25, 0.3) is 0 Å². The summed E-state index contributed by atoms with van der Waals surface area (Å²) in [6.07, 6.45) is 1.42. The zero-order valence-electron chi connectivity index (χ0n) is 25.4. The van der Waals surface area contributed by atoms with E-state index >= 15 is 0 Å². The monoisotopic (exact) mass is 603 g/mol. The number of nitro groups is 1. The second-order valence-electron chi connectivity index (χ2n) is 11.5. The number of esters is 1. The number of benzene rings is 3. The number of anilines is 3. The third-order valence-electron chi connectivity index (χ3n) is 7.40. The first-order valence-corrected chi connectivity index (χ1v) is 14.2. The molecule has 3 aromatic carbocycles. The van der Waals surface area contributed by atoms with Crippen LogP contribution in [0.2, 0.25) is 0 Å². The number of likely N-dealkylation sites (tertiary alicyclic amines) is 1. The summed E-state index contributed by atoms with van der Waals surface area (Å²) in [5, 5.41) is 20.1. The fraction of sp³-hybridized carbons (Fsp3) is 0.344. The van der Waals surface area contributed by atoms with Crippen molar-refractivity contribution in [3.63, 3.8) is 0 Å². The minimum absolute atomic E-state index is 0.0355. The van der Waals surface area contributed by atoms with E-state index in [9.17, 15) is 24.5 Å². The Morgan fingerprint density at radius 1 is 0.955 bits per heavy atom. The Balaban J connectivity index is 1.47. The molecule has 3 amide bonds. The fourth-order valence-corrected chi connectivity index (χ4v) is 4.94. The molecule has 232 valence electrons. The highest BCUT2D eigenvalue weighted by molar-refractivity contribution is 6.05. The zero-order valence-corrected chi connectivity index (χ0v) is 25.4. The minimum Gasteiger partial charge on any atom is -0.494 e. The highest BCUT2D eigenvalue weighted by Crippen LogP contribution is 2.30. The smallest absolute Gasteiger partial charge is 0.339 e. The average molecular weight is 604 g/mol. The van der Waals surface area contributed by atoms with Gasteiger partial charge >= 0.3 is 12.0 Å². The number of carbonyl (C=O) groups is 3. The number of non-ortho nitro benzene ring substituents is 1. The number of urea groups is 1. The molecule has 0 saturated carbocycles. The van der Waals surface area contributed by atoms with Crippen LogP contribution in [0.1, 0.15) is 59.9 Å². The average Bonchev–Trinajstić information content (AvgIpc) is 3.00. The Morgan fingerprint density at radius 3 is 2.32 bits per heavy atom. The van der Waals surface area contributed by atoms with Crippen molar-refractivity contribution in [2.45, 2.75) is 45.1 Å². The van der Waals surface area contributed by atoms with E-state index in [1.54, 1.807) is 35.2 Å². The van der Waals surface area contributed by atoms with Gasteiger partial charge in [-0.3, -0.25) is 14.9 Å². The van der Waals surface area contributed by atoms with Gasteiger partial charge in [-0.1, -0.05) is 32.9 Å². The number of methoxy groups -OCH3 is 2. The fourth-order valence-electron chi connectivity index (χ4n) is 4.94. The SMILES string of the molecule is COC(=O)c1ccc(NC(=O)c2ccc(C(C)(C)C)cc2)cc1NC1CCCN(C(=O)Nc2ccc([N+](=O)[O-])cc2OC)C1. The predicted octanol–water partition coefficient (Wildman–Crippen LogP) is 6.05. The van der Waals surface area contributed by atoms with Gasteiger partial charge in [0, 0.05) is 36.4 Å². The third kappa shape index (κ3) is 7.63. The Hall–Kier alpha value is -5.13. The Morgan fingerprint density at radius 2 is 1.68 bits per heavy atom. The standard InChI is InChI=1S/C32H37N5O7/c1-32(2,3)21-10-8-20(9-11-21)29(38)34-22-12-14-25(30(39)44-5)27(17-22)33-23-7-6-16-36(19-23)31(40)35-26-15-13-24(37(41)42)18-28(26)43-4/h8-15,17-18,23,33H,6-7,16,19H2,1-5H3,(H,34,38)(H,35,40). The molecule has 0 radical (unpaired) electrons. The molecular formula is C32H37N5O7. The number of carbonyl (C=O) groups excluding carboxylic acids is 3. The summed E-state index contributed by atoms with van der Waals surface area (Å²) in [5.41, 5.74) is 2.97. The molecular weight excluding hydrogens is 566 g/mol. The molecule has 1 fully saturated rings. The summed E-state index contributed by atoms with van der Waals surface area (Å²) >= 11 is 0. The molecule has 1 unspecified atom stereocenters. The van der Waals surface area contributed by atoms with Crippen LogP contribution in [0, 0.1) is 10.1 Å². The molecule has 1 aliphatic heterocycles. The molecule has 0 bridgehead atoms.